The second-order valence-corrected chi connectivity index (χ2v) is 5.86. The van der Waals surface area contributed by atoms with Crippen molar-refractivity contribution in [2.24, 2.45) is 0 Å². The zero-order chi connectivity index (χ0) is 16.5. The van der Waals surface area contributed by atoms with E-state index in [9.17, 15) is 14.0 Å². The molecule has 1 heterocycles. The van der Waals surface area contributed by atoms with Crippen LogP contribution in [0, 0.1) is 5.82 Å². The lowest BCUT2D eigenvalue weighted by molar-refractivity contribution is -0.222. The van der Waals surface area contributed by atoms with E-state index in [1.54, 1.807) is 13.1 Å². The molecule has 8 heteroatoms. The number of benzene rings is 1. The minimum absolute atomic E-state index is 0.0867. The average molecular weight is 373 g/mol. The summed E-state index contributed by atoms with van der Waals surface area (Å²) < 4.78 is 24.4. The van der Waals surface area contributed by atoms with Crippen LogP contribution >= 0.6 is 15.9 Å². The molecule has 0 spiro atoms. The fourth-order valence-electron chi connectivity index (χ4n) is 1.84. The second-order valence-electron chi connectivity index (χ2n) is 4.94. The lowest BCUT2D eigenvalue weighted by Gasteiger charge is -2.29. The lowest BCUT2D eigenvalue weighted by atomic mass is 10.2. The summed E-state index contributed by atoms with van der Waals surface area (Å²) in [6.07, 6.45) is 1.06. The Hall–Kier alpha value is -2.09. The first-order valence-electron chi connectivity index (χ1n) is 6.33. The maximum atomic E-state index is 14.0. The molecule has 1 aromatic carbocycles. The minimum atomic E-state index is -1.31. The van der Waals surface area contributed by atoms with Crippen molar-refractivity contribution in [3.63, 3.8) is 0 Å². The Kier molecular flexibility index (Phi) is 4.41. The first kappa shape index (κ1) is 16.3. The molecule has 1 aromatic rings. The van der Waals surface area contributed by atoms with Gasteiger partial charge in [0.1, 0.15) is 5.82 Å². The zero-order valence-corrected chi connectivity index (χ0v) is 13.7. The van der Waals surface area contributed by atoms with Gasteiger partial charge in [-0.3, -0.25) is 0 Å². The van der Waals surface area contributed by atoms with Crippen LogP contribution in [-0.4, -0.2) is 24.8 Å². The molecule has 118 valence electrons. The number of cyclic esters (lactones) is 2. The Morgan fingerprint density at radius 1 is 1.23 bits per heavy atom. The van der Waals surface area contributed by atoms with Gasteiger partial charge in [0.15, 0.2) is 5.57 Å². The van der Waals surface area contributed by atoms with Crippen molar-refractivity contribution >= 4 is 39.2 Å². The number of hydrogen-bond donors (Lipinski definition) is 2. The van der Waals surface area contributed by atoms with Crippen LogP contribution in [0.3, 0.4) is 0 Å². The highest BCUT2D eigenvalue weighted by molar-refractivity contribution is 9.10. The molecule has 1 fully saturated rings. The maximum Gasteiger partial charge on any atom is 0.350 e. The molecule has 1 aliphatic rings. The van der Waals surface area contributed by atoms with Gasteiger partial charge in [0, 0.05) is 31.6 Å². The highest BCUT2D eigenvalue weighted by atomic mass is 79.9. The normalized spacial score (nSPS) is 16.7. The number of carbonyl (C=O) groups excluding carboxylic acids is 2. The Balaban J connectivity index is 2.29. The van der Waals surface area contributed by atoms with E-state index in [0.29, 0.717) is 10.2 Å². The highest BCUT2D eigenvalue weighted by Crippen LogP contribution is 2.30. The topological polar surface area (TPSA) is 76.7 Å². The van der Waals surface area contributed by atoms with Gasteiger partial charge >= 0.3 is 11.9 Å². The average Bonchev–Trinajstić information content (AvgIpc) is 2.37. The van der Waals surface area contributed by atoms with Gasteiger partial charge in [0.25, 0.3) is 5.79 Å². The number of esters is 2. The molecule has 0 aromatic heterocycles. The van der Waals surface area contributed by atoms with E-state index in [0.717, 1.165) is 6.20 Å². The van der Waals surface area contributed by atoms with E-state index in [4.69, 9.17) is 9.47 Å². The van der Waals surface area contributed by atoms with Gasteiger partial charge in [-0.25, -0.2) is 14.0 Å². The van der Waals surface area contributed by atoms with Gasteiger partial charge in [-0.1, -0.05) is 15.9 Å². The van der Waals surface area contributed by atoms with Gasteiger partial charge < -0.3 is 20.1 Å². The summed E-state index contributed by atoms with van der Waals surface area (Å²) >= 11 is 3.18. The third-order valence-electron chi connectivity index (χ3n) is 2.80. The van der Waals surface area contributed by atoms with Crippen LogP contribution in [-0.2, 0) is 19.1 Å². The molecule has 1 saturated heterocycles. The molecule has 0 unspecified atom stereocenters. The lowest BCUT2D eigenvalue weighted by Crippen LogP contribution is -2.42. The van der Waals surface area contributed by atoms with E-state index in [2.05, 4.69) is 26.6 Å². The first-order valence-corrected chi connectivity index (χ1v) is 7.13. The summed E-state index contributed by atoms with van der Waals surface area (Å²) in [4.78, 5) is 23.6. The van der Waals surface area contributed by atoms with Gasteiger partial charge in [-0.15, -0.1) is 0 Å². The standard InChI is InChI=1S/C14H14BrFN2O4/c1-14(2)21-12(19)8(13(20)22-14)6-18-11-9(16)4-7(15)5-10(11)17-3/h4-6,17-18H,1-3H3. The van der Waals surface area contributed by atoms with Crippen molar-refractivity contribution in [2.45, 2.75) is 19.6 Å². The van der Waals surface area contributed by atoms with E-state index < -0.39 is 23.5 Å². The van der Waals surface area contributed by atoms with Gasteiger partial charge in [0.05, 0.1) is 11.4 Å². The number of hydrogen-bond acceptors (Lipinski definition) is 6. The number of anilines is 2. The maximum absolute atomic E-state index is 14.0. The number of carbonyl (C=O) groups is 2. The van der Waals surface area contributed by atoms with Gasteiger partial charge in [-0.05, 0) is 12.1 Å². The van der Waals surface area contributed by atoms with Crippen LogP contribution in [0.5, 0.6) is 0 Å². The van der Waals surface area contributed by atoms with Crippen molar-refractivity contribution in [2.75, 3.05) is 17.7 Å². The van der Waals surface area contributed by atoms with Crippen LogP contribution in [0.2, 0.25) is 0 Å². The van der Waals surface area contributed by atoms with Crippen LogP contribution in [0.25, 0.3) is 0 Å². The first-order chi connectivity index (χ1) is 10.2. The van der Waals surface area contributed by atoms with Gasteiger partial charge in [0.2, 0.25) is 0 Å². The predicted molar refractivity (Wildman–Crippen MR) is 81.6 cm³/mol. The molecular formula is C14H14BrFN2O4. The largest absolute Gasteiger partial charge is 0.419 e. The number of halogens is 2. The molecule has 0 radical (unpaired) electrons. The number of ether oxygens (including phenoxy) is 2. The van der Waals surface area contributed by atoms with Crippen molar-refractivity contribution in [1.29, 1.82) is 0 Å². The molecule has 0 atom stereocenters. The predicted octanol–water partition coefficient (Wildman–Crippen LogP) is 2.76. The Morgan fingerprint density at radius 2 is 1.82 bits per heavy atom. The van der Waals surface area contributed by atoms with Crippen LogP contribution in [0.15, 0.2) is 28.4 Å². The zero-order valence-electron chi connectivity index (χ0n) is 12.1. The van der Waals surface area contributed by atoms with Crippen molar-refractivity contribution in [1.82, 2.24) is 0 Å². The second kappa shape index (κ2) is 5.96. The quantitative estimate of drug-likeness (QED) is 0.482. The Bertz CT molecular complexity index is 651. The van der Waals surface area contributed by atoms with E-state index in [1.807, 2.05) is 0 Å². The third-order valence-corrected chi connectivity index (χ3v) is 3.26. The molecule has 0 aliphatic carbocycles. The monoisotopic (exact) mass is 372 g/mol. The molecule has 6 nitrogen and oxygen atoms in total. The Labute approximate surface area is 134 Å². The smallest absolute Gasteiger partial charge is 0.350 e. The summed E-state index contributed by atoms with van der Waals surface area (Å²) in [5, 5.41) is 5.40. The minimum Gasteiger partial charge on any atom is -0.419 e. The summed E-state index contributed by atoms with van der Waals surface area (Å²) in [6, 6.07) is 2.90. The van der Waals surface area contributed by atoms with Crippen LogP contribution in [0.4, 0.5) is 15.8 Å². The van der Waals surface area contributed by atoms with Crippen LogP contribution < -0.4 is 10.6 Å². The van der Waals surface area contributed by atoms with Crippen molar-refractivity contribution < 1.29 is 23.5 Å². The molecule has 0 bridgehead atoms. The fraction of sp³-hybridized carbons (Fsp3) is 0.286. The van der Waals surface area contributed by atoms with E-state index in [-0.39, 0.29) is 11.3 Å². The van der Waals surface area contributed by atoms with E-state index >= 15 is 0 Å². The highest BCUT2D eigenvalue weighted by Gasteiger charge is 2.39. The molecule has 22 heavy (non-hydrogen) atoms. The van der Waals surface area contributed by atoms with E-state index in [1.165, 1.54) is 19.9 Å². The number of nitrogens with one attached hydrogen (secondary N) is 2. The molecule has 0 saturated carbocycles. The van der Waals surface area contributed by atoms with Crippen molar-refractivity contribution in [3.05, 3.63) is 34.2 Å². The fourth-order valence-corrected chi connectivity index (χ4v) is 2.27. The molecule has 2 N–H and O–H groups in total. The molecule has 2 rings (SSSR count). The molecule has 1 aliphatic heterocycles. The summed E-state index contributed by atoms with van der Waals surface area (Å²) in [5.74, 6) is -3.55. The molecular weight excluding hydrogens is 359 g/mol. The SMILES string of the molecule is CNc1cc(Br)cc(F)c1NC=C1C(=O)OC(C)(C)OC1=O. The van der Waals surface area contributed by atoms with Gasteiger partial charge in [-0.2, -0.15) is 0 Å². The summed E-state index contributed by atoms with van der Waals surface area (Å²) in [6.45, 7) is 2.89. The van der Waals surface area contributed by atoms with Crippen molar-refractivity contribution in [3.8, 4) is 0 Å². The number of rotatable bonds is 3. The summed E-state index contributed by atoms with van der Waals surface area (Å²) in [5.41, 5.74) is 0.189. The molecule has 0 amide bonds. The third kappa shape index (κ3) is 3.38. The Morgan fingerprint density at radius 3 is 2.36 bits per heavy atom. The summed E-state index contributed by atoms with van der Waals surface area (Å²) in [7, 11) is 1.62. The van der Waals surface area contributed by atoms with Crippen LogP contribution in [0.1, 0.15) is 13.8 Å².